The summed E-state index contributed by atoms with van der Waals surface area (Å²) in [5, 5.41) is 3.03. The predicted molar refractivity (Wildman–Crippen MR) is 91.7 cm³/mol. The minimum absolute atomic E-state index is 0. The number of benzene rings is 1. The summed E-state index contributed by atoms with van der Waals surface area (Å²) in [6, 6.07) is 7.58. The van der Waals surface area contributed by atoms with Crippen LogP contribution in [0.5, 0.6) is 0 Å². The monoisotopic (exact) mass is 391 g/mol. The number of carbonyl (C=O) groups excluding carboxylic acids is 1. The Labute approximate surface area is 137 Å². The van der Waals surface area contributed by atoms with Crippen molar-refractivity contribution in [3.63, 3.8) is 0 Å². The molecule has 0 aromatic heterocycles. The van der Waals surface area contributed by atoms with E-state index in [2.05, 4.69) is 15.0 Å². The van der Waals surface area contributed by atoms with Crippen LogP contribution in [0.15, 0.2) is 29.3 Å². The van der Waals surface area contributed by atoms with Crippen LogP contribution in [0.2, 0.25) is 0 Å². The first-order valence-corrected chi connectivity index (χ1v) is 6.26. The van der Waals surface area contributed by atoms with Crippen LogP contribution in [-0.4, -0.2) is 31.6 Å². The maximum absolute atomic E-state index is 11.3. The highest BCUT2D eigenvalue weighted by molar-refractivity contribution is 14.0. The Morgan fingerprint density at radius 3 is 2.45 bits per heavy atom. The fourth-order valence-electron chi connectivity index (χ4n) is 1.57. The van der Waals surface area contributed by atoms with E-state index in [9.17, 15) is 4.79 Å². The van der Waals surface area contributed by atoms with Crippen molar-refractivity contribution >= 4 is 35.9 Å². The molecule has 0 aliphatic carbocycles. The average molecular weight is 391 g/mol. The number of hydrogen-bond acceptors (Lipinski definition) is 3. The summed E-state index contributed by atoms with van der Waals surface area (Å²) in [6.07, 6.45) is 0.780. The van der Waals surface area contributed by atoms with Crippen molar-refractivity contribution in [2.75, 3.05) is 13.7 Å². The normalized spacial score (nSPS) is 10.9. The summed E-state index contributed by atoms with van der Waals surface area (Å²) in [4.78, 5) is 15.5. The zero-order chi connectivity index (χ0) is 14.3. The second-order valence-corrected chi connectivity index (χ2v) is 4.50. The first-order chi connectivity index (χ1) is 9.02. The molecule has 0 saturated carbocycles. The van der Waals surface area contributed by atoms with Gasteiger partial charge in [0, 0.05) is 12.6 Å². The standard InChI is InChI=1S/C14H21N3O2.HI/c1-10(2)17-14(15)16-9-8-11-4-6-12(7-5-11)13(18)19-3;/h4-7,10H,8-9H2,1-3H3,(H3,15,16,17);1H. The van der Waals surface area contributed by atoms with Gasteiger partial charge in [-0.3, -0.25) is 4.99 Å². The van der Waals surface area contributed by atoms with E-state index in [0.717, 1.165) is 12.0 Å². The van der Waals surface area contributed by atoms with Gasteiger partial charge in [0.25, 0.3) is 0 Å². The molecule has 0 fully saturated rings. The molecule has 1 aromatic carbocycles. The summed E-state index contributed by atoms with van der Waals surface area (Å²) < 4.78 is 4.64. The predicted octanol–water partition coefficient (Wildman–Crippen LogP) is 1.95. The van der Waals surface area contributed by atoms with Crippen LogP contribution in [0, 0.1) is 0 Å². The third-order valence-corrected chi connectivity index (χ3v) is 2.49. The highest BCUT2D eigenvalue weighted by atomic mass is 127. The quantitative estimate of drug-likeness (QED) is 0.348. The molecule has 0 aliphatic rings. The van der Waals surface area contributed by atoms with Gasteiger partial charge in [-0.15, -0.1) is 24.0 Å². The summed E-state index contributed by atoms with van der Waals surface area (Å²) in [7, 11) is 1.37. The van der Waals surface area contributed by atoms with Gasteiger partial charge in [0.2, 0.25) is 0 Å². The third-order valence-electron chi connectivity index (χ3n) is 2.49. The van der Waals surface area contributed by atoms with Crippen molar-refractivity contribution in [3.05, 3.63) is 35.4 Å². The van der Waals surface area contributed by atoms with Gasteiger partial charge in [0.15, 0.2) is 5.96 Å². The van der Waals surface area contributed by atoms with E-state index in [0.29, 0.717) is 18.1 Å². The van der Waals surface area contributed by atoms with Crippen molar-refractivity contribution < 1.29 is 9.53 Å². The van der Waals surface area contributed by atoms with E-state index >= 15 is 0 Å². The molecule has 0 unspecified atom stereocenters. The molecule has 0 radical (unpaired) electrons. The first kappa shape index (κ1) is 18.7. The summed E-state index contributed by atoms with van der Waals surface area (Å²) in [5.41, 5.74) is 7.36. The molecule has 5 nitrogen and oxygen atoms in total. The molecule has 1 rings (SSSR count). The molecule has 3 N–H and O–H groups in total. The molecule has 0 spiro atoms. The number of nitrogens with zero attached hydrogens (tertiary/aromatic N) is 1. The topological polar surface area (TPSA) is 76.7 Å². The fourth-order valence-corrected chi connectivity index (χ4v) is 1.57. The summed E-state index contributed by atoms with van der Waals surface area (Å²) in [6.45, 7) is 4.63. The van der Waals surface area contributed by atoms with Crippen LogP contribution < -0.4 is 11.1 Å². The Kier molecular flexibility index (Phi) is 8.94. The number of methoxy groups -OCH3 is 1. The van der Waals surface area contributed by atoms with Crippen molar-refractivity contribution in [3.8, 4) is 0 Å². The highest BCUT2D eigenvalue weighted by Crippen LogP contribution is 2.06. The smallest absolute Gasteiger partial charge is 0.337 e. The van der Waals surface area contributed by atoms with Gasteiger partial charge in [-0.2, -0.15) is 0 Å². The van der Waals surface area contributed by atoms with Crippen LogP contribution in [0.3, 0.4) is 0 Å². The molecule has 112 valence electrons. The fraction of sp³-hybridized carbons (Fsp3) is 0.429. The van der Waals surface area contributed by atoms with Crippen LogP contribution >= 0.6 is 24.0 Å². The van der Waals surface area contributed by atoms with E-state index in [1.54, 1.807) is 12.1 Å². The molecular formula is C14H22IN3O2. The molecule has 1 aromatic rings. The lowest BCUT2D eigenvalue weighted by Gasteiger charge is -2.08. The number of halogens is 1. The average Bonchev–Trinajstić information content (AvgIpc) is 2.37. The Balaban J connectivity index is 0.00000361. The summed E-state index contributed by atoms with van der Waals surface area (Å²) in [5.74, 6) is 0.135. The second-order valence-electron chi connectivity index (χ2n) is 4.50. The Hall–Kier alpha value is -1.31. The SMILES string of the molecule is COC(=O)c1ccc(CCN=C(N)NC(C)C)cc1.I. The van der Waals surface area contributed by atoms with Crippen LogP contribution in [0.1, 0.15) is 29.8 Å². The molecule has 0 amide bonds. The number of hydrogen-bond donors (Lipinski definition) is 2. The van der Waals surface area contributed by atoms with Gasteiger partial charge in [-0.25, -0.2) is 4.79 Å². The van der Waals surface area contributed by atoms with Gasteiger partial charge in [0.1, 0.15) is 0 Å². The zero-order valence-corrected chi connectivity index (χ0v) is 14.4. The molecule has 0 saturated heterocycles. The van der Waals surface area contributed by atoms with Crippen molar-refractivity contribution in [2.24, 2.45) is 10.7 Å². The van der Waals surface area contributed by atoms with E-state index in [-0.39, 0.29) is 36.0 Å². The number of ether oxygens (including phenoxy) is 1. The lowest BCUT2D eigenvalue weighted by Crippen LogP contribution is -2.36. The summed E-state index contributed by atoms with van der Waals surface area (Å²) >= 11 is 0. The number of rotatable bonds is 5. The molecule has 0 atom stereocenters. The van der Waals surface area contributed by atoms with E-state index < -0.39 is 0 Å². The minimum Gasteiger partial charge on any atom is -0.465 e. The lowest BCUT2D eigenvalue weighted by molar-refractivity contribution is 0.0600. The number of aliphatic imine (C=N–C) groups is 1. The molecular weight excluding hydrogens is 369 g/mol. The molecule has 6 heteroatoms. The van der Waals surface area contributed by atoms with Crippen molar-refractivity contribution in [1.29, 1.82) is 0 Å². The second kappa shape index (κ2) is 9.57. The Morgan fingerprint density at radius 2 is 1.95 bits per heavy atom. The molecule has 20 heavy (non-hydrogen) atoms. The van der Waals surface area contributed by atoms with E-state index in [4.69, 9.17) is 5.73 Å². The minimum atomic E-state index is -0.324. The van der Waals surface area contributed by atoms with Gasteiger partial charge >= 0.3 is 5.97 Å². The van der Waals surface area contributed by atoms with E-state index in [1.165, 1.54) is 7.11 Å². The zero-order valence-electron chi connectivity index (χ0n) is 12.1. The first-order valence-electron chi connectivity index (χ1n) is 6.26. The van der Waals surface area contributed by atoms with Crippen molar-refractivity contribution in [1.82, 2.24) is 5.32 Å². The Bertz CT molecular complexity index is 444. The molecule has 0 heterocycles. The lowest BCUT2D eigenvalue weighted by atomic mass is 10.1. The van der Waals surface area contributed by atoms with E-state index in [1.807, 2.05) is 26.0 Å². The molecule has 0 aliphatic heterocycles. The number of nitrogens with one attached hydrogen (secondary N) is 1. The van der Waals surface area contributed by atoms with Gasteiger partial charge in [0.05, 0.1) is 12.7 Å². The highest BCUT2D eigenvalue weighted by Gasteiger charge is 2.04. The maximum atomic E-state index is 11.3. The van der Waals surface area contributed by atoms with Crippen LogP contribution in [0.4, 0.5) is 0 Å². The van der Waals surface area contributed by atoms with Gasteiger partial charge < -0.3 is 15.8 Å². The Morgan fingerprint density at radius 1 is 1.35 bits per heavy atom. The number of nitrogens with two attached hydrogens (primary N) is 1. The number of carbonyl (C=O) groups is 1. The van der Waals surface area contributed by atoms with Crippen molar-refractivity contribution in [2.45, 2.75) is 26.3 Å². The van der Waals surface area contributed by atoms with Gasteiger partial charge in [-0.05, 0) is 38.0 Å². The number of guanidine groups is 1. The number of esters is 1. The van der Waals surface area contributed by atoms with Crippen LogP contribution in [-0.2, 0) is 11.2 Å². The third kappa shape index (κ3) is 6.74. The van der Waals surface area contributed by atoms with Crippen LogP contribution in [0.25, 0.3) is 0 Å². The maximum Gasteiger partial charge on any atom is 0.337 e. The largest absolute Gasteiger partial charge is 0.465 e. The molecule has 0 bridgehead atoms. The van der Waals surface area contributed by atoms with Gasteiger partial charge in [-0.1, -0.05) is 12.1 Å².